The van der Waals surface area contributed by atoms with Crippen LogP contribution in [0.4, 0.5) is 0 Å². The Morgan fingerprint density at radius 1 is 1.69 bits per heavy atom. The molecule has 3 nitrogen and oxygen atoms in total. The highest BCUT2D eigenvalue weighted by Crippen LogP contribution is 1.94. The Kier molecular flexibility index (Phi) is 3.70. The predicted molar refractivity (Wildman–Crippen MR) is 51.4 cm³/mol. The largest absolute Gasteiger partial charge is 0.352 e. The zero-order valence-electron chi connectivity index (χ0n) is 7.36. The van der Waals surface area contributed by atoms with E-state index >= 15 is 0 Å². The Morgan fingerprint density at radius 3 is 3.15 bits per heavy atom. The van der Waals surface area contributed by atoms with Crippen LogP contribution in [0.25, 0.3) is 0 Å². The van der Waals surface area contributed by atoms with Crippen molar-refractivity contribution in [3.63, 3.8) is 0 Å². The number of carbonyl (C=O) groups is 1. The van der Waals surface area contributed by atoms with Crippen molar-refractivity contribution in [1.29, 1.82) is 0 Å². The van der Waals surface area contributed by atoms with E-state index in [1.54, 1.807) is 30.6 Å². The van der Waals surface area contributed by atoms with Crippen molar-refractivity contribution in [2.24, 2.45) is 0 Å². The van der Waals surface area contributed by atoms with E-state index in [4.69, 9.17) is 0 Å². The average Bonchev–Trinajstić information content (AvgIpc) is 2.19. The van der Waals surface area contributed by atoms with Crippen LogP contribution in [-0.4, -0.2) is 17.4 Å². The number of nitrogens with zero attached hydrogens (tertiary/aromatic N) is 1. The molecule has 0 saturated heterocycles. The summed E-state index contributed by atoms with van der Waals surface area (Å²) in [7, 11) is 0. The van der Waals surface area contributed by atoms with Gasteiger partial charge in [-0.1, -0.05) is 6.08 Å². The predicted octanol–water partition coefficient (Wildman–Crippen LogP) is 1.39. The van der Waals surface area contributed by atoms with E-state index in [1.807, 2.05) is 0 Å². The van der Waals surface area contributed by atoms with Gasteiger partial charge in [0, 0.05) is 18.9 Å². The number of nitrogens with one attached hydrogen (secondary N) is 1. The first kappa shape index (κ1) is 9.45. The van der Waals surface area contributed by atoms with Gasteiger partial charge in [-0.05, 0) is 18.6 Å². The fourth-order valence-electron chi connectivity index (χ4n) is 0.887. The van der Waals surface area contributed by atoms with Crippen molar-refractivity contribution in [1.82, 2.24) is 10.3 Å². The van der Waals surface area contributed by atoms with Gasteiger partial charge in [-0.25, -0.2) is 0 Å². The number of hydrogen-bond acceptors (Lipinski definition) is 2. The van der Waals surface area contributed by atoms with E-state index in [2.05, 4.69) is 16.9 Å². The van der Waals surface area contributed by atoms with Crippen LogP contribution in [-0.2, 0) is 0 Å². The minimum atomic E-state index is -0.0880. The van der Waals surface area contributed by atoms with Crippen LogP contribution in [0.3, 0.4) is 0 Å². The summed E-state index contributed by atoms with van der Waals surface area (Å²) in [5.41, 5.74) is 0.589. The first-order valence-corrected chi connectivity index (χ1v) is 4.13. The number of amides is 1. The van der Waals surface area contributed by atoms with Gasteiger partial charge >= 0.3 is 0 Å². The molecule has 0 unspecified atom stereocenters. The maximum Gasteiger partial charge on any atom is 0.252 e. The molecular formula is C10H12N2O. The van der Waals surface area contributed by atoms with Crippen molar-refractivity contribution in [3.05, 3.63) is 42.7 Å². The van der Waals surface area contributed by atoms with Crippen LogP contribution in [0.15, 0.2) is 37.2 Å². The first-order chi connectivity index (χ1) is 6.34. The van der Waals surface area contributed by atoms with E-state index in [-0.39, 0.29) is 5.91 Å². The number of pyridine rings is 1. The highest BCUT2D eigenvalue weighted by Gasteiger charge is 2.01. The Hall–Kier alpha value is -1.64. The molecule has 0 aliphatic rings. The zero-order chi connectivity index (χ0) is 9.52. The smallest absolute Gasteiger partial charge is 0.252 e. The van der Waals surface area contributed by atoms with Gasteiger partial charge in [-0.3, -0.25) is 9.78 Å². The van der Waals surface area contributed by atoms with Gasteiger partial charge < -0.3 is 5.32 Å². The van der Waals surface area contributed by atoms with Crippen molar-refractivity contribution >= 4 is 5.91 Å². The van der Waals surface area contributed by atoms with Crippen LogP contribution < -0.4 is 5.32 Å². The summed E-state index contributed by atoms with van der Waals surface area (Å²) < 4.78 is 0. The first-order valence-electron chi connectivity index (χ1n) is 4.13. The van der Waals surface area contributed by atoms with Gasteiger partial charge in [0.15, 0.2) is 0 Å². The van der Waals surface area contributed by atoms with E-state index < -0.39 is 0 Å². The van der Waals surface area contributed by atoms with Crippen LogP contribution in [0, 0.1) is 0 Å². The average molecular weight is 176 g/mol. The fraction of sp³-hybridized carbons (Fsp3) is 0.200. The molecule has 68 valence electrons. The van der Waals surface area contributed by atoms with E-state index in [0.29, 0.717) is 12.1 Å². The summed E-state index contributed by atoms with van der Waals surface area (Å²) >= 11 is 0. The van der Waals surface area contributed by atoms with Crippen LogP contribution in [0.1, 0.15) is 16.8 Å². The molecule has 1 heterocycles. The fourth-order valence-corrected chi connectivity index (χ4v) is 0.887. The Bertz CT molecular complexity index is 282. The monoisotopic (exact) mass is 176 g/mol. The van der Waals surface area contributed by atoms with Gasteiger partial charge in [-0.2, -0.15) is 0 Å². The summed E-state index contributed by atoms with van der Waals surface area (Å²) in [6.07, 6.45) is 5.74. The molecule has 1 N–H and O–H groups in total. The molecule has 0 radical (unpaired) electrons. The molecule has 13 heavy (non-hydrogen) atoms. The standard InChI is InChI=1S/C10H12N2O/c1-2-3-7-12-10(13)9-5-4-6-11-8-9/h2,4-6,8H,1,3,7H2,(H,12,13). The van der Waals surface area contributed by atoms with Crippen molar-refractivity contribution < 1.29 is 4.79 Å². The van der Waals surface area contributed by atoms with Crippen LogP contribution in [0.5, 0.6) is 0 Å². The molecule has 0 fully saturated rings. The van der Waals surface area contributed by atoms with E-state index in [9.17, 15) is 4.79 Å². The number of rotatable bonds is 4. The maximum absolute atomic E-state index is 11.3. The van der Waals surface area contributed by atoms with Gasteiger partial charge in [0.1, 0.15) is 0 Å². The van der Waals surface area contributed by atoms with Crippen molar-refractivity contribution in [3.8, 4) is 0 Å². The number of hydrogen-bond donors (Lipinski definition) is 1. The Labute approximate surface area is 77.5 Å². The van der Waals surface area contributed by atoms with Crippen molar-refractivity contribution in [2.75, 3.05) is 6.54 Å². The molecule has 1 aromatic rings. The topological polar surface area (TPSA) is 42.0 Å². The molecule has 1 aromatic heterocycles. The molecule has 0 atom stereocenters. The van der Waals surface area contributed by atoms with Gasteiger partial charge in [-0.15, -0.1) is 6.58 Å². The minimum Gasteiger partial charge on any atom is -0.352 e. The third-order valence-electron chi connectivity index (χ3n) is 1.56. The summed E-state index contributed by atoms with van der Waals surface area (Å²) in [6, 6.07) is 3.47. The third-order valence-corrected chi connectivity index (χ3v) is 1.56. The summed E-state index contributed by atoms with van der Waals surface area (Å²) in [4.78, 5) is 15.2. The van der Waals surface area contributed by atoms with E-state index in [1.165, 1.54) is 0 Å². The Balaban J connectivity index is 2.45. The molecule has 0 spiro atoms. The lowest BCUT2D eigenvalue weighted by Gasteiger charge is -2.01. The number of carbonyl (C=O) groups excluding carboxylic acids is 1. The van der Waals surface area contributed by atoms with E-state index in [0.717, 1.165) is 6.42 Å². The van der Waals surface area contributed by atoms with Crippen LogP contribution >= 0.6 is 0 Å². The zero-order valence-corrected chi connectivity index (χ0v) is 7.36. The summed E-state index contributed by atoms with van der Waals surface area (Å²) in [5, 5.41) is 2.75. The molecule has 0 aliphatic heterocycles. The number of aromatic nitrogens is 1. The van der Waals surface area contributed by atoms with Crippen LogP contribution in [0.2, 0.25) is 0 Å². The molecule has 3 heteroatoms. The molecule has 0 bridgehead atoms. The van der Waals surface area contributed by atoms with Gasteiger partial charge in [0.25, 0.3) is 5.91 Å². The molecule has 0 aromatic carbocycles. The lowest BCUT2D eigenvalue weighted by molar-refractivity contribution is 0.0954. The second kappa shape index (κ2) is 5.09. The summed E-state index contributed by atoms with van der Waals surface area (Å²) in [6.45, 7) is 4.19. The highest BCUT2D eigenvalue weighted by molar-refractivity contribution is 5.93. The lowest BCUT2D eigenvalue weighted by Crippen LogP contribution is -2.24. The molecule has 0 aliphatic carbocycles. The highest BCUT2D eigenvalue weighted by atomic mass is 16.1. The Morgan fingerprint density at radius 2 is 2.54 bits per heavy atom. The molecule has 0 saturated carbocycles. The van der Waals surface area contributed by atoms with Crippen molar-refractivity contribution in [2.45, 2.75) is 6.42 Å². The maximum atomic E-state index is 11.3. The quantitative estimate of drug-likeness (QED) is 0.556. The molecule has 1 amide bonds. The third kappa shape index (κ3) is 3.07. The normalized spacial score (nSPS) is 9.23. The van der Waals surface area contributed by atoms with Gasteiger partial charge in [0.05, 0.1) is 5.56 Å². The van der Waals surface area contributed by atoms with Gasteiger partial charge in [0.2, 0.25) is 0 Å². The lowest BCUT2D eigenvalue weighted by atomic mass is 10.2. The molecular weight excluding hydrogens is 164 g/mol. The molecule has 1 rings (SSSR count). The second-order valence-corrected chi connectivity index (χ2v) is 2.57. The summed E-state index contributed by atoms with van der Waals surface area (Å²) in [5.74, 6) is -0.0880. The second-order valence-electron chi connectivity index (χ2n) is 2.57. The minimum absolute atomic E-state index is 0.0880. The SMILES string of the molecule is C=CCCNC(=O)c1cccnc1.